The van der Waals surface area contributed by atoms with E-state index in [0.717, 1.165) is 25.2 Å². The van der Waals surface area contributed by atoms with E-state index in [0.29, 0.717) is 11.8 Å². The fraction of sp³-hybridized carbons (Fsp3) is 0.385. The first-order valence-corrected chi connectivity index (χ1v) is 15.1. The lowest BCUT2D eigenvalue weighted by atomic mass is 9.69. The molecule has 5 rings (SSSR count). The van der Waals surface area contributed by atoms with Crippen molar-refractivity contribution >= 4 is 5.57 Å². The molecule has 0 aliphatic heterocycles. The molecule has 0 aromatic heterocycles. The van der Waals surface area contributed by atoms with E-state index in [4.69, 9.17) is 6.58 Å². The Morgan fingerprint density at radius 3 is 2.13 bits per heavy atom. The summed E-state index contributed by atoms with van der Waals surface area (Å²) in [6.07, 6.45) is 16.5. The molecule has 39 heavy (non-hydrogen) atoms. The van der Waals surface area contributed by atoms with Crippen LogP contribution >= 0.6 is 0 Å². The molecule has 0 N–H and O–H groups in total. The Morgan fingerprint density at radius 2 is 1.51 bits per heavy atom. The molecule has 3 aromatic rings. The fourth-order valence-electron chi connectivity index (χ4n) is 6.70. The summed E-state index contributed by atoms with van der Waals surface area (Å²) in [5.74, 6) is 1.93. The van der Waals surface area contributed by atoms with Crippen molar-refractivity contribution < 1.29 is 0 Å². The van der Waals surface area contributed by atoms with Gasteiger partial charge in [0.2, 0.25) is 0 Å². The third-order valence-electron chi connectivity index (χ3n) is 9.10. The minimum Gasteiger partial charge on any atom is -0.0992 e. The van der Waals surface area contributed by atoms with Gasteiger partial charge in [-0.2, -0.15) is 0 Å². The Hall–Kier alpha value is -3.12. The van der Waals surface area contributed by atoms with Gasteiger partial charge in [-0.1, -0.05) is 130 Å². The second-order valence-corrected chi connectivity index (χ2v) is 13.0. The van der Waals surface area contributed by atoms with E-state index < -0.39 is 0 Å². The van der Waals surface area contributed by atoms with Crippen LogP contribution in [0.3, 0.4) is 0 Å². The zero-order valence-corrected chi connectivity index (χ0v) is 24.3. The molecule has 0 spiro atoms. The van der Waals surface area contributed by atoms with Crippen LogP contribution in [0, 0.1) is 11.8 Å². The highest BCUT2D eigenvalue weighted by Gasteiger charge is 2.30. The lowest BCUT2D eigenvalue weighted by Crippen LogP contribution is -2.23. The highest BCUT2D eigenvalue weighted by Crippen LogP contribution is 2.44. The molecule has 0 bridgehead atoms. The molecule has 1 saturated carbocycles. The molecule has 0 nitrogen and oxygen atoms in total. The summed E-state index contributed by atoms with van der Waals surface area (Å²) in [5.41, 5.74) is 10.1. The summed E-state index contributed by atoms with van der Waals surface area (Å²) in [4.78, 5) is 0. The van der Waals surface area contributed by atoms with Crippen molar-refractivity contribution in [3.05, 3.63) is 137 Å². The topological polar surface area (TPSA) is 0 Å². The molecule has 3 aromatic carbocycles. The Bertz CT molecular complexity index is 1270. The maximum atomic E-state index is 4.71. The molecule has 2 aliphatic carbocycles. The van der Waals surface area contributed by atoms with Gasteiger partial charge in [0.25, 0.3) is 0 Å². The first-order valence-electron chi connectivity index (χ1n) is 15.1. The van der Waals surface area contributed by atoms with E-state index in [2.05, 4.69) is 118 Å². The van der Waals surface area contributed by atoms with Gasteiger partial charge in [-0.3, -0.25) is 0 Å². The Labute approximate surface area is 237 Å². The number of hydrogen-bond acceptors (Lipinski definition) is 0. The molecule has 2 aliphatic rings. The van der Waals surface area contributed by atoms with Gasteiger partial charge < -0.3 is 0 Å². The lowest BCUT2D eigenvalue weighted by molar-refractivity contribution is 0.252. The van der Waals surface area contributed by atoms with Gasteiger partial charge in [0.1, 0.15) is 0 Å². The van der Waals surface area contributed by atoms with E-state index in [1.165, 1.54) is 71.1 Å². The fourth-order valence-corrected chi connectivity index (χ4v) is 6.70. The predicted octanol–water partition coefficient (Wildman–Crippen LogP) is 10.6. The minimum atomic E-state index is 0.220. The van der Waals surface area contributed by atoms with Crippen molar-refractivity contribution in [3.63, 3.8) is 0 Å². The molecular formula is C39H46. The van der Waals surface area contributed by atoms with Crippen molar-refractivity contribution in [2.45, 2.75) is 83.5 Å². The summed E-state index contributed by atoms with van der Waals surface area (Å²) >= 11 is 0. The quantitative estimate of drug-likeness (QED) is 0.249. The van der Waals surface area contributed by atoms with Crippen LogP contribution in [0.1, 0.15) is 93.0 Å². The van der Waals surface area contributed by atoms with Gasteiger partial charge in [0, 0.05) is 5.92 Å². The Morgan fingerprint density at radius 1 is 0.821 bits per heavy atom. The van der Waals surface area contributed by atoms with Crippen molar-refractivity contribution in [3.8, 4) is 0 Å². The van der Waals surface area contributed by atoms with Crippen LogP contribution in [0.2, 0.25) is 0 Å². The first-order chi connectivity index (χ1) is 18.9. The van der Waals surface area contributed by atoms with Gasteiger partial charge in [-0.25, -0.2) is 0 Å². The maximum Gasteiger partial charge on any atom is 0.00738 e. The molecule has 1 atom stereocenters. The van der Waals surface area contributed by atoms with Crippen LogP contribution in [0.25, 0.3) is 5.57 Å². The van der Waals surface area contributed by atoms with Crippen LogP contribution in [-0.4, -0.2) is 0 Å². The van der Waals surface area contributed by atoms with E-state index in [-0.39, 0.29) is 5.41 Å². The standard InChI is InChI=1S/C39H46/c1-29(14-15-30-10-6-5-7-11-30)38(36-24-22-34(23-25-36)33-12-8-9-13-33)35-20-16-31(17-21-35)28-32-18-26-37(27-19-32)39(2,3)4/h5-8,10-13,18-19,22-27,31,35,38H,1,9,14-17,20-21,28H2,2-4H3. The van der Waals surface area contributed by atoms with Gasteiger partial charge in [0.15, 0.2) is 0 Å². The number of benzene rings is 3. The molecule has 0 amide bonds. The van der Waals surface area contributed by atoms with Gasteiger partial charge in [-0.05, 0) is 102 Å². The van der Waals surface area contributed by atoms with Gasteiger partial charge >= 0.3 is 0 Å². The predicted molar refractivity (Wildman–Crippen MR) is 169 cm³/mol. The van der Waals surface area contributed by atoms with Crippen molar-refractivity contribution in [1.82, 2.24) is 0 Å². The summed E-state index contributed by atoms with van der Waals surface area (Å²) in [6.45, 7) is 11.6. The number of hydrogen-bond donors (Lipinski definition) is 0. The van der Waals surface area contributed by atoms with E-state index in [1.54, 1.807) is 0 Å². The number of allylic oxidation sites excluding steroid dienone is 5. The Balaban J connectivity index is 1.26. The molecule has 0 heterocycles. The van der Waals surface area contributed by atoms with Gasteiger partial charge in [0.05, 0.1) is 0 Å². The SMILES string of the molecule is C=C(CCc1ccccc1)C(c1ccc(C2=CCC=C2)cc1)C1CCC(Cc2ccc(C(C)(C)C)cc2)CC1. The maximum absolute atomic E-state index is 4.71. The Kier molecular flexibility index (Phi) is 8.71. The minimum absolute atomic E-state index is 0.220. The highest BCUT2D eigenvalue weighted by molar-refractivity contribution is 5.76. The zero-order valence-electron chi connectivity index (χ0n) is 24.3. The second kappa shape index (κ2) is 12.4. The smallest absolute Gasteiger partial charge is 0.00738 e. The summed E-state index contributed by atoms with van der Waals surface area (Å²) in [5, 5.41) is 0. The second-order valence-electron chi connectivity index (χ2n) is 13.0. The van der Waals surface area contributed by atoms with Gasteiger partial charge in [-0.15, -0.1) is 0 Å². The summed E-state index contributed by atoms with van der Waals surface area (Å²) in [7, 11) is 0. The monoisotopic (exact) mass is 514 g/mol. The number of aryl methyl sites for hydroxylation is 1. The van der Waals surface area contributed by atoms with Crippen LogP contribution in [0.15, 0.2) is 109 Å². The average Bonchev–Trinajstić information content (AvgIpc) is 3.49. The van der Waals surface area contributed by atoms with Crippen molar-refractivity contribution in [1.29, 1.82) is 0 Å². The highest BCUT2D eigenvalue weighted by atomic mass is 14.3. The van der Waals surface area contributed by atoms with Crippen molar-refractivity contribution in [2.24, 2.45) is 11.8 Å². The third-order valence-corrected chi connectivity index (χ3v) is 9.10. The van der Waals surface area contributed by atoms with E-state index in [1.807, 2.05) is 0 Å². The lowest BCUT2D eigenvalue weighted by Gasteiger charge is -2.36. The average molecular weight is 515 g/mol. The molecule has 1 fully saturated rings. The summed E-state index contributed by atoms with van der Waals surface area (Å²) in [6, 6.07) is 29.8. The molecule has 0 heteroatoms. The van der Waals surface area contributed by atoms with Crippen LogP contribution < -0.4 is 0 Å². The van der Waals surface area contributed by atoms with E-state index >= 15 is 0 Å². The van der Waals surface area contributed by atoms with Crippen LogP contribution in [0.4, 0.5) is 0 Å². The molecular weight excluding hydrogens is 468 g/mol. The largest absolute Gasteiger partial charge is 0.0992 e. The first kappa shape index (κ1) is 27.4. The molecule has 202 valence electrons. The third kappa shape index (κ3) is 7.10. The molecule has 0 radical (unpaired) electrons. The van der Waals surface area contributed by atoms with Crippen LogP contribution in [0.5, 0.6) is 0 Å². The normalized spacial score (nSPS) is 20.0. The molecule has 1 unspecified atom stereocenters. The molecule has 0 saturated heterocycles. The zero-order chi connectivity index (χ0) is 27.2. The summed E-state index contributed by atoms with van der Waals surface area (Å²) < 4.78 is 0. The van der Waals surface area contributed by atoms with Crippen LogP contribution in [-0.2, 0) is 18.3 Å². The number of rotatable bonds is 9. The van der Waals surface area contributed by atoms with Crippen molar-refractivity contribution in [2.75, 3.05) is 0 Å². The van der Waals surface area contributed by atoms with E-state index in [9.17, 15) is 0 Å².